The molecular weight excluding hydrogens is 356 g/mol. The molecule has 1 aromatic rings. The monoisotopic (exact) mass is 386 g/mol. The predicted molar refractivity (Wildman–Crippen MR) is 104 cm³/mol. The van der Waals surface area contributed by atoms with Crippen molar-refractivity contribution in [2.45, 2.75) is 26.2 Å². The average Bonchev–Trinajstić information content (AvgIpc) is 2.65. The summed E-state index contributed by atoms with van der Waals surface area (Å²) >= 11 is 0. The maximum atomic E-state index is 12.1. The number of rotatable bonds is 10. The van der Waals surface area contributed by atoms with Crippen LogP contribution in [0.1, 0.15) is 26.2 Å². The molecule has 26 heavy (non-hydrogen) atoms. The fourth-order valence-corrected chi connectivity index (χ4v) is 2.97. The number of hydrogen-bond donors (Lipinski definition) is 2. The van der Waals surface area contributed by atoms with Gasteiger partial charge in [-0.05, 0) is 56.6 Å². The zero-order chi connectivity index (χ0) is 18.0. The highest BCUT2D eigenvalue weighted by molar-refractivity contribution is 5.85. The molecule has 0 atom stereocenters. The van der Waals surface area contributed by atoms with Crippen LogP contribution < -0.4 is 20.1 Å². The van der Waals surface area contributed by atoms with E-state index in [0.717, 1.165) is 38.1 Å². The Bertz CT molecular complexity index is 513. The second kappa shape index (κ2) is 12.0. The van der Waals surface area contributed by atoms with E-state index >= 15 is 0 Å². The third-order valence-corrected chi connectivity index (χ3v) is 4.44. The van der Waals surface area contributed by atoms with Crippen molar-refractivity contribution in [3.8, 4) is 11.5 Å². The van der Waals surface area contributed by atoms with Crippen molar-refractivity contribution in [2.75, 3.05) is 46.6 Å². The Labute approximate surface area is 162 Å². The van der Waals surface area contributed by atoms with Gasteiger partial charge < -0.3 is 24.8 Å². The molecule has 6 nitrogen and oxygen atoms in total. The Hall–Kier alpha value is -1.50. The molecule has 1 amide bonds. The number of benzene rings is 1. The van der Waals surface area contributed by atoms with Crippen molar-refractivity contribution >= 4 is 18.3 Å². The molecule has 148 valence electrons. The van der Waals surface area contributed by atoms with Crippen molar-refractivity contribution < 1.29 is 19.0 Å². The first-order valence-electron chi connectivity index (χ1n) is 8.99. The van der Waals surface area contributed by atoms with Gasteiger partial charge in [0.15, 0.2) is 6.61 Å². The van der Waals surface area contributed by atoms with Gasteiger partial charge in [-0.1, -0.05) is 6.92 Å². The van der Waals surface area contributed by atoms with E-state index < -0.39 is 0 Å². The van der Waals surface area contributed by atoms with Crippen molar-refractivity contribution in [3.63, 3.8) is 0 Å². The Balaban J connectivity index is 0.00000338. The third kappa shape index (κ3) is 7.40. The molecule has 0 spiro atoms. The van der Waals surface area contributed by atoms with Crippen LogP contribution >= 0.6 is 12.4 Å². The van der Waals surface area contributed by atoms with Crippen LogP contribution in [0.2, 0.25) is 0 Å². The van der Waals surface area contributed by atoms with Crippen molar-refractivity contribution in [3.05, 3.63) is 24.3 Å². The summed E-state index contributed by atoms with van der Waals surface area (Å²) in [6.45, 7) is 5.97. The van der Waals surface area contributed by atoms with Gasteiger partial charge in [0.05, 0.1) is 13.2 Å². The first-order valence-corrected chi connectivity index (χ1v) is 8.99. The van der Waals surface area contributed by atoms with Crippen molar-refractivity contribution in [1.82, 2.24) is 10.6 Å². The highest BCUT2D eigenvalue weighted by Crippen LogP contribution is 2.28. The van der Waals surface area contributed by atoms with Crippen LogP contribution in [0.3, 0.4) is 0 Å². The Morgan fingerprint density at radius 3 is 2.35 bits per heavy atom. The number of carbonyl (C=O) groups is 1. The molecule has 1 fully saturated rings. The van der Waals surface area contributed by atoms with Crippen LogP contribution in [-0.2, 0) is 9.53 Å². The predicted octanol–water partition coefficient (Wildman–Crippen LogP) is 2.41. The van der Waals surface area contributed by atoms with Gasteiger partial charge in [0.1, 0.15) is 11.5 Å². The Morgan fingerprint density at radius 1 is 1.15 bits per heavy atom. The number of hydrogen-bond acceptors (Lipinski definition) is 5. The number of methoxy groups -OCH3 is 1. The maximum Gasteiger partial charge on any atom is 0.257 e. The van der Waals surface area contributed by atoms with Crippen LogP contribution in [-0.4, -0.2) is 52.5 Å². The number of ether oxygens (including phenoxy) is 3. The van der Waals surface area contributed by atoms with Gasteiger partial charge in [0.2, 0.25) is 0 Å². The second-order valence-electron chi connectivity index (χ2n) is 6.57. The van der Waals surface area contributed by atoms with E-state index in [-0.39, 0.29) is 30.3 Å². The van der Waals surface area contributed by atoms with Crippen molar-refractivity contribution in [1.29, 1.82) is 0 Å². The van der Waals surface area contributed by atoms with E-state index in [2.05, 4.69) is 17.6 Å². The van der Waals surface area contributed by atoms with Gasteiger partial charge in [-0.3, -0.25) is 4.79 Å². The van der Waals surface area contributed by atoms with Crippen LogP contribution in [0.15, 0.2) is 24.3 Å². The molecule has 0 radical (unpaired) electrons. The zero-order valence-electron chi connectivity index (χ0n) is 15.7. The molecule has 1 aromatic carbocycles. The molecule has 7 heteroatoms. The Morgan fingerprint density at radius 2 is 1.77 bits per heavy atom. The molecular formula is C19H31ClN2O4. The molecule has 1 heterocycles. The minimum Gasteiger partial charge on any atom is -0.494 e. The van der Waals surface area contributed by atoms with E-state index in [9.17, 15) is 4.79 Å². The van der Waals surface area contributed by atoms with Crippen LogP contribution in [0.4, 0.5) is 0 Å². The number of carbonyl (C=O) groups excluding carboxylic acids is 1. The summed E-state index contributed by atoms with van der Waals surface area (Å²) in [5.74, 6) is 1.36. The highest BCUT2D eigenvalue weighted by atomic mass is 35.5. The van der Waals surface area contributed by atoms with Gasteiger partial charge in [-0.15, -0.1) is 12.4 Å². The van der Waals surface area contributed by atoms with Gasteiger partial charge in [0.25, 0.3) is 5.91 Å². The molecule has 2 rings (SSSR count). The van der Waals surface area contributed by atoms with Gasteiger partial charge >= 0.3 is 0 Å². The van der Waals surface area contributed by atoms with Crippen LogP contribution in [0, 0.1) is 5.41 Å². The number of halogens is 1. The highest BCUT2D eigenvalue weighted by Gasteiger charge is 2.32. The summed E-state index contributed by atoms with van der Waals surface area (Å²) in [5, 5.41) is 6.34. The fraction of sp³-hybridized carbons (Fsp3) is 0.632. The smallest absolute Gasteiger partial charge is 0.257 e. The zero-order valence-corrected chi connectivity index (χ0v) is 16.5. The summed E-state index contributed by atoms with van der Waals surface area (Å²) in [5.41, 5.74) is 0.0218. The first kappa shape index (κ1) is 22.5. The topological polar surface area (TPSA) is 68.8 Å². The largest absolute Gasteiger partial charge is 0.494 e. The first-order chi connectivity index (χ1) is 12.2. The molecule has 0 aromatic heterocycles. The molecule has 2 N–H and O–H groups in total. The summed E-state index contributed by atoms with van der Waals surface area (Å²) in [6.07, 6.45) is 2.97. The lowest BCUT2D eigenvalue weighted by Crippen LogP contribution is -2.47. The van der Waals surface area contributed by atoms with Crippen LogP contribution in [0.5, 0.6) is 11.5 Å². The lowest BCUT2D eigenvalue weighted by atomic mass is 9.79. The van der Waals surface area contributed by atoms with Crippen molar-refractivity contribution in [2.24, 2.45) is 5.41 Å². The number of nitrogens with one attached hydrogen (secondary N) is 2. The number of piperidine rings is 1. The molecule has 0 bridgehead atoms. The molecule has 1 aliphatic rings. The summed E-state index contributed by atoms with van der Waals surface area (Å²) in [7, 11) is 1.71. The average molecular weight is 387 g/mol. The molecule has 0 saturated carbocycles. The van der Waals surface area contributed by atoms with Gasteiger partial charge in [-0.2, -0.15) is 0 Å². The normalized spacial score (nSPS) is 15.6. The van der Waals surface area contributed by atoms with E-state index in [1.54, 1.807) is 7.11 Å². The lowest BCUT2D eigenvalue weighted by molar-refractivity contribution is -0.124. The fourth-order valence-electron chi connectivity index (χ4n) is 2.97. The van der Waals surface area contributed by atoms with E-state index in [0.29, 0.717) is 25.5 Å². The molecule has 0 aliphatic carbocycles. The summed E-state index contributed by atoms with van der Waals surface area (Å²) in [4.78, 5) is 12.1. The molecule has 1 saturated heterocycles. The second-order valence-corrected chi connectivity index (χ2v) is 6.57. The van der Waals surface area contributed by atoms with Gasteiger partial charge in [-0.25, -0.2) is 0 Å². The molecule has 0 unspecified atom stereocenters. The van der Waals surface area contributed by atoms with E-state index in [1.165, 1.54) is 0 Å². The summed E-state index contributed by atoms with van der Waals surface area (Å²) in [6, 6.07) is 7.34. The summed E-state index contributed by atoms with van der Waals surface area (Å²) < 4.78 is 16.4. The Kier molecular flexibility index (Phi) is 10.4. The standard InChI is InChI=1S/C19H30N2O4.ClH/c1-3-12-24-16-4-6-17(7-5-16)25-13-18(22)21-14-19(15-23-2)8-10-20-11-9-19;/h4-7,20H,3,8-15H2,1-2H3,(H,21,22);1H. The quantitative estimate of drug-likeness (QED) is 0.646. The molecule has 1 aliphatic heterocycles. The van der Waals surface area contributed by atoms with Crippen LogP contribution in [0.25, 0.3) is 0 Å². The van der Waals surface area contributed by atoms with E-state index in [4.69, 9.17) is 14.2 Å². The third-order valence-electron chi connectivity index (χ3n) is 4.44. The van der Waals surface area contributed by atoms with Gasteiger partial charge in [0, 0.05) is 19.1 Å². The number of amides is 1. The minimum absolute atomic E-state index is 0. The van der Waals surface area contributed by atoms with E-state index in [1.807, 2.05) is 24.3 Å². The minimum atomic E-state index is -0.111. The maximum absolute atomic E-state index is 12.1. The lowest BCUT2D eigenvalue weighted by Gasteiger charge is -2.37. The SMILES string of the molecule is CCCOc1ccc(OCC(=O)NCC2(COC)CCNCC2)cc1.Cl.